The van der Waals surface area contributed by atoms with Crippen LogP contribution < -0.4 is 0 Å². The van der Waals surface area contributed by atoms with E-state index in [1.165, 1.54) is 11.3 Å². The van der Waals surface area contributed by atoms with Crippen LogP contribution in [0.25, 0.3) is 10.2 Å². The number of aromatic nitrogens is 2. The summed E-state index contributed by atoms with van der Waals surface area (Å²) < 4.78 is 1.29. The summed E-state index contributed by atoms with van der Waals surface area (Å²) in [6.07, 6.45) is 0. The summed E-state index contributed by atoms with van der Waals surface area (Å²) in [5.41, 5.74) is 0.607. The van der Waals surface area contributed by atoms with Crippen molar-refractivity contribution in [1.29, 1.82) is 0 Å². The average Bonchev–Trinajstić information content (AvgIpc) is 2.29. The molecule has 0 fully saturated rings. The van der Waals surface area contributed by atoms with Gasteiger partial charge < -0.3 is 0 Å². The van der Waals surface area contributed by atoms with Crippen LogP contribution in [0, 0.1) is 0 Å². The Labute approximate surface area is 87.1 Å². The van der Waals surface area contributed by atoms with Crippen LogP contribution in [0.3, 0.4) is 0 Å². The first-order valence-corrected chi connectivity index (χ1v) is 4.90. The van der Waals surface area contributed by atoms with Gasteiger partial charge in [-0.05, 0) is 6.07 Å². The highest BCUT2D eigenvalue weighted by Gasteiger charge is 2.07. The van der Waals surface area contributed by atoms with Crippen molar-refractivity contribution < 1.29 is 0 Å². The molecular formula is C6HCl3N2S. The van der Waals surface area contributed by atoms with Crippen LogP contribution in [0.5, 0.6) is 0 Å². The molecule has 0 saturated carbocycles. The Bertz CT molecular complexity index is 440. The van der Waals surface area contributed by atoms with Gasteiger partial charge in [-0.25, -0.2) is 9.97 Å². The maximum atomic E-state index is 5.77. The van der Waals surface area contributed by atoms with Gasteiger partial charge in [0.1, 0.15) is 10.7 Å². The first-order chi connectivity index (χ1) is 5.66. The number of nitrogens with zero attached hydrogens (tertiary/aromatic N) is 2. The van der Waals surface area contributed by atoms with E-state index in [9.17, 15) is 0 Å². The summed E-state index contributed by atoms with van der Waals surface area (Å²) in [5, 5.41) is 0.647. The molecule has 0 bridgehead atoms. The smallest absolute Gasteiger partial charge is 0.184 e. The second-order valence-corrected chi connectivity index (χ2v) is 4.41. The van der Waals surface area contributed by atoms with Crippen LogP contribution >= 0.6 is 46.1 Å². The largest absolute Gasteiger partial charge is 0.222 e. The second kappa shape index (κ2) is 3.00. The second-order valence-electron chi connectivity index (χ2n) is 2.05. The minimum Gasteiger partial charge on any atom is -0.222 e. The first kappa shape index (κ1) is 8.51. The van der Waals surface area contributed by atoms with Gasteiger partial charge in [0.05, 0.1) is 4.70 Å². The number of rotatable bonds is 0. The molecule has 2 aromatic rings. The fourth-order valence-electron chi connectivity index (χ4n) is 0.838. The molecule has 0 aliphatic heterocycles. The Morgan fingerprint density at radius 2 is 1.92 bits per heavy atom. The van der Waals surface area contributed by atoms with Crippen molar-refractivity contribution >= 4 is 56.4 Å². The highest BCUT2D eigenvalue weighted by atomic mass is 35.5. The van der Waals surface area contributed by atoms with Crippen LogP contribution in [0.2, 0.25) is 14.8 Å². The van der Waals surface area contributed by atoms with Gasteiger partial charge in [-0.15, -0.1) is 11.3 Å². The van der Waals surface area contributed by atoms with Crippen molar-refractivity contribution in [2.45, 2.75) is 0 Å². The van der Waals surface area contributed by atoms with E-state index in [0.717, 1.165) is 4.70 Å². The molecule has 12 heavy (non-hydrogen) atoms. The van der Waals surface area contributed by atoms with Gasteiger partial charge in [-0.2, -0.15) is 0 Å². The van der Waals surface area contributed by atoms with Gasteiger partial charge in [0.15, 0.2) is 9.62 Å². The third kappa shape index (κ3) is 1.38. The van der Waals surface area contributed by atoms with Gasteiger partial charge in [-0.3, -0.25) is 0 Å². The van der Waals surface area contributed by atoms with Crippen molar-refractivity contribution in [3.8, 4) is 0 Å². The summed E-state index contributed by atoms with van der Waals surface area (Å²) in [5.74, 6) is 0. The molecule has 0 spiro atoms. The van der Waals surface area contributed by atoms with E-state index in [0.29, 0.717) is 20.3 Å². The van der Waals surface area contributed by atoms with E-state index in [4.69, 9.17) is 34.8 Å². The Kier molecular flexibility index (Phi) is 2.12. The Hall–Kier alpha value is -0.0900. The molecule has 62 valence electrons. The molecule has 0 saturated heterocycles. The number of halogens is 3. The number of hydrogen-bond donors (Lipinski definition) is 0. The number of fused-ring (bicyclic) bond motifs is 1. The predicted molar refractivity (Wildman–Crippen MR) is 52.4 cm³/mol. The highest BCUT2D eigenvalue weighted by molar-refractivity contribution is 7.22. The molecule has 0 aliphatic carbocycles. The summed E-state index contributed by atoms with van der Waals surface area (Å²) in [4.78, 5) is 7.82. The van der Waals surface area contributed by atoms with E-state index in [1.54, 1.807) is 6.07 Å². The van der Waals surface area contributed by atoms with Gasteiger partial charge in [0.2, 0.25) is 0 Å². The molecule has 0 amide bonds. The van der Waals surface area contributed by atoms with Crippen LogP contribution in [-0.4, -0.2) is 9.97 Å². The van der Waals surface area contributed by atoms with E-state index in [2.05, 4.69) is 9.97 Å². The van der Waals surface area contributed by atoms with Crippen LogP contribution in [0.15, 0.2) is 6.07 Å². The third-order valence-electron chi connectivity index (χ3n) is 1.28. The summed E-state index contributed by atoms with van der Waals surface area (Å²) in [6, 6.07) is 1.69. The molecule has 2 aromatic heterocycles. The lowest BCUT2D eigenvalue weighted by Crippen LogP contribution is -1.77. The minimum absolute atomic E-state index is 0.292. The first-order valence-electron chi connectivity index (χ1n) is 2.95. The van der Waals surface area contributed by atoms with E-state index in [1.807, 2.05) is 0 Å². The quantitative estimate of drug-likeness (QED) is 0.656. The molecule has 6 heteroatoms. The molecule has 0 N–H and O–H groups in total. The van der Waals surface area contributed by atoms with Gasteiger partial charge >= 0.3 is 0 Å². The topological polar surface area (TPSA) is 25.8 Å². The number of pyridine rings is 1. The maximum absolute atomic E-state index is 5.77. The zero-order valence-corrected chi connectivity index (χ0v) is 8.60. The van der Waals surface area contributed by atoms with Crippen LogP contribution in [0.4, 0.5) is 0 Å². The average molecular weight is 240 g/mol. The zero-order chi connectivity index (χ0) is 8.72. The van der Waals surface area contributed by atoms with Crippen molar-refractivity contribution in [2.75, 3.05) is 0 Å². The normalized spacial score (nSPS) is 10.9. The van der Waals surface area contributed by atoms with Crippen molar-refractivity contribution in [1.82, 2.24) is 9.97 Å². The van der Waals surface area contributed by atoms with Crippen molar-refractivity contribution in [3.05, 3.63) is 20.8 Å². The summed E-state index contributed by atoms with van der Waals surface area (Å²) in [7, 11) is 0. The molecule has 0 radical (unpaired) electrons. The van der Waals surface area contributed by atoms with E-state index in [-0.39, 0.29) is 0 Å². The highest BCUT2D eigenvalue weighted by Crippen LogP contribution is 2.31. The molecule has 0 atom stereocenters. The standard InChI is InChI=1S/C6HCl3N2S/c7-3-1-2-4(5(8)10-3)11-6(9)12-2/h1H. The summed E-state index contributed by atoms with van der Waals surface area (Å²) >= 11 is 18.5. The van der Waals surface area contributed by atoms with Crippen molar-refractivity contribution in [3.63, 3.8) is 0 Å². The number of hydrogen-bond acceptors (Lipinski definition) is 3. The molecule has 2 nitrogen and oxygen atoms in total. The van der Waals surface area contributed by atoms with Crippen LogP contribution in [0.1, 0.15) is 0 Å². The van der Waals surface area contributed by atoms with Crippen LogP contribution in [-0.2, 0) is 0 Å². The molecular weight excluding hydrogens is 239 g/mol. The molecule has 0 aromatic carbocycles. The summed E-state index contributed by atoms with van der Waals surface area (Å²) in [6.45, 7) is 0. The lowest BCUT2D eigenvalue weighted by Gasteiger charge is -1.91. The lowest BCUT2D eigenvalue weighted by molar-refractivity contribution is 1.34. The Morgan fingerprint density at radius 1 is 1.17 bits per heavy atom. The van der Waals surface area contributed by atoms with Gasteiger partial charge in [0, 0.05) is 0 Å². The minimum atomic E-state index is 0.292. The lowest BCUT2D eigenvalue weighted by atomic mass is 10.4. The van der Waals surface area contributed by atoms with Crippen molar-refractivity contribution in [2.24, 2.45) is 0 Å². The molecule has 2 rings (SSSR count). The maximum Gasteiger partial charge on any atom is 0.184 e. The fraction of sp³-hybridized carbons (Fsp3) is 0. The molecule has 0 unspecified atom stereocenters. The van der Waals surface area contributed by atoms with E-state index < -0.39 is 0 Å². The van der Waals surface area contributed by atoms with Gasteiger partial charge in [-0.1, -0.05) is 34.8 Å². The zero-order valence-electron chi connectivity index (χ0n) is 5.51. The van der Waals surface area contributed by atoms with Gasteiger partial charge in [0.25, 0.3) is 0 Å². The monoisotopic (exact) mass is 238 g/mol. The SMILES string of the molecule is Clc1cc2sc(Cl)nc2c(Cl)n1. The Morgan fingerprint density at radius 3 is 2.67 bits per heavy atom. The number of thiazole rings is 1. The molecule has 0 aliphatic rings. The van der Waals surface area contributed by atoms with E-state index >= 15 is 0 Å². The molecule has 2 heterocycles. The Balaban J connectivity index is 2.88. The predicted octanol–water partition coefficient (Wildman–Crippen LogP) is 3.65. The fourth-order valence-corrected chi connectivity index (χ4v) is 2.49. The third-order valence-corrected chi connectivity index (χ3v) is 2.84.